The highest BCUT2D eigenvalue weighted by Crippen LogP contribution is 2.21. The molecule has 0 aliphatic carbocycles. The average molecular weight is 302 g/mol. The van der Waals surface area contributed by atoms with Crippen molar-refractivity contribution in [3.63, 3.8) is 0 Å². The maximum absolute atomic E-state index is 12.2. The van der Waals surface area contributed by atoms with Gasteiger partial charge in [-0.05, 0) is 31.2 Å². The van der Waals surface area contributed by atoms with Crippen molar-refractivity contribution in [3.05, 3.63) is 52.6 Å². The van der Waals surface area contributed by atoms with Gasteiger partial charge in [-0.15, -0.1) is 0 Å². The number of aryl methyl sites for hydroxylation is 2. The Morgan fingerprint density at radius 3 is 2.86 bits per heavy atom. The Bertz CT molecular complexity index is 842. The third kappa shape index (κ3) is 2.73. The van der Waals surface area contributed by atoms with E-state index in [0.717, 1.165) is 5.69 Å². The summed E-state index contributed by atoms with van der Waals surface area (Å²) in [5.74, 6) is 0.270. The van der Waals surface area contributed by atoms with Crippen LogP contribution in [0, 0.1) is 13.8 Å². The molecule has 6 heteroatoms. The van der Waals surface area contributed by atoms with E-state index in [-0.39, 0.29) is 5.91 Å². The van der Waals surface area contributed by atoms with Crippen molar-refractivity contribution < 1.29 is 9.21 Å². The first-order valence-electron chi connectivity index (χ1n) is 6.33. The first-order chi connectivity index (χ1) is 10.0. The van der Waals surface area contributed by atoms with Crippen molar-refractivity contribution in [2.45, 2.75) is 13.8 Å². The van der Waals surface area contributed by atoms with Gasteiger partial charge in [0.05, 0.1) is 10.6 Å². The normalized spacial score (nSPS) is 10.8. The number of carbonyl (C=O) groups excluding carboxylic acids is 1. The summed E-state index contributed by atoms with van der Waals surface area (Å²) in [6, 6.07) is 6.92. The Kier molecular flexibility index (Phi) is 3.35. The number of nitrogens with one attached hydrogen (secondary N) is 1. The monoisotopic (exact) mass is 301 g/mol. The predicted octanol–water partition coefficient (Wildman–Crippen LogP) is 3.75. The highest BCUT2D eigenvalue weighted by atomic mass is 35.5. The lowest BCUT2D eigenvalue weighted by Gasteiger charge is -2.06. The Balaban J connectivity index is 1.88. The highest BCUT2D eigenvalue weighted by Gasteiger charge is 2.12. The summed E-state index contributed by atoms with van der Waals surface area (Å²) in [5, 5.41) is 3.15. The van der Waals surface area contributed by atoms with Crippen LogP contribution in [0.5, 0.6) is 0 Å². The Hall–Kier alpha value is -2.40. The molecule has 0 radical (unpaired) electrons. The quantitative estimate of drug-likeness (QED) is 0.783. The van der Waals surface area contributed by atoms with Crippen LogP contribution in [0.25, 0.3) is 11.1 Å². The van der Waals surface area contributed by atoms with Crippen molar-refractivity contribution >= 4 is 34.3 Å². The van der Waals surface area contributed by atoms with E-state index in [9.17, 15) is 4.79 Å². The molecule has 2 heterocycles. The van der Waals surface area contributed by atoms with Crippen LogP contribution in [0.2, 0.25) is 5.02 Å². The number of pyridine rings is 1. The van der Waals surface area contributed by atoms with E-state index in [4.69, 9.17) is 16.0 Å². The SMILES string of the molecule is Cc1cc(Cl)c(C(=O)Nc2ccc3oc(C)nc3c2)cn1. The second kappa shape index (κ2) is 5.18. The summed E-state index contributed by atoms with van der Waals surface area (Å²) in [6.45, 7) is 3.59. The van der Waals surface area contributed by atoms with E-state index in [1.807, 2.05) is 6.92 Å². The number of amides is 1. The van der Waals surface area contributed by atoms with E-state index in [1.54, 1.807) is 31.2 Å². The topological polar surface area (TPSA) is 68.0 Å². The molecule has 0 bridgehead atoms. The zero-order chi connectivity index (χ0) is 15.0. The fraction of sp³-hybridized carbons (Fsp3) is 0.133. The smallest absolute Gasteiger partial charge is 0.258 e. The molecule has 0 fully saturated rings. The van der Waals surface area contributed by atoms with Gasteiger partial charge < -0.3 is 9.73 Å². The molecule has 5 nitrogen and oxygen atoms in total. The lowest BCUT2D eigenvalue weighted by Crippen LogP contribution is -2.13. The zero-order valence-corrected chi connectivity index (χ0v) is 12.2. The largest absolute Gasteiger partial charge is 0.441 e. The van der Waals surface area contributed by atoms with E-state index < -0.39 is 0 Å². The molecule has 106 valence electrons. The number of rotatable bonds is 2. The number of fused-ring (bicyclic) bond motifs is 1. The van der Waals surface area contributed by atoms with Crippen LogP contribution in [0.1, 0.15) is 21.9 Å². The second-order valence-corrected chi connectivity index (χ2v) is 5.08. The molecule has 0 saturated carbocycles. The molecule has 0 aliphatic rings. The summed E-state index contributed by atoms with van der Waals surface area (Å²) in [4.78, 5) is 20.5. The van der Waals surface area contributed by atoms with Gasteiger partial charge in [0, 0.05) is 24.5 Å². The molecule has 0 unspecified atom stereocenters. The fourth-order valence-corrected chi connectivity index (χ4v) is 2.30. The lowest BCUT2D eigenvalue weighted by atomic mass is 10.2. The molecule has 1 amide bonds. The minimum absolute atomic E-state index is 0.313. The van der Waals surface area contributed by atoms with Gasteiger partial charge in [0.2, 0.25) is 0 Å². The van der Waals surface area contributed by atoms with E-state index >= 15 is 0 Å². The van der Waals surface area contributed by atoms with Gasteiger partial charge in [-0.25, -0.2) is 4.98 Å². The number of benzene rings is 1. The Labute approximate surface area is 126 Å². The lowest BCUT2D eigenvalue weighted by molar-refractivity contribution is 0.102. The van der Waals surface area contributed by atoms with Crippen molar-refractivity contribution in [1.29, 1.82) is 0 Å². The first-order valence-corrected chi connectivity index (χ1v) is 6.71. The minimum atomic E-state index is -0.313. The van der Waals surface area contributed by atoms with Crippen LogP contribution < -0.4 is 5.32 Å². The number of hydrogen-bond donors (Lipinski definition) is 1. The summed E-state index contributed by atoms with van der Waals surface area (Å²) >= 11 is 6.06. The van der Waals surface area contributed by atoms with Gasteiger partial charge in [-0.1, -0.05) is 11.6 Å². The number of oxazole rings is 1. The molecule has 1 N–H and O–H groups in total. The number of carbonyl (C=O) groups is 1. The summed E-state index contributed by atoms with van der Waals surface area (Å²) in [5.41, 5.74) is 3.09. The molecule has 0 spiro atoms. The molecule has 0 saturated heterocycles. The van der Waals surface area contributed by atoms with Gasteiger partial charge >= 0.3 is 0 Å². The van der Waals surface area contributed by atoms with Gasteiger partial charge in [-0.2, -0.15) is 0 Å². The van der Waals surface area contributed by atoms with E-state index in [2.05, 4.69) is 15.3 Å². The van der Waals surface area contributed by atoms with Crippen LogP contribution in [0.4, 0.5) is 5.69 Å². The van der Waals surface area contributed by atoms with Crippen LogP contribution in [-0.4, -0.2) is 15.9 Å². The number of aromatic nitrogens is 2. The van der Waals surface area contributed by atoms with Crippen LogP contribution >= 0.6 is 11.6 Å². The zero-order valence-electron chi connectivity index (χ0n) is 11.5. The van der Waals surface area contributed by atoms with Gasteiger partial charge in [0.1, 0.15) is 5.52 Å². The van der Waals surface area contributed by atoms with Crippen LogP contribution in [0.15, 0.2) is 34.9 Å². The third-order valence-electron chi connectivity index (χ3n) is 2.99. The van der Waals surface area contributed by atoms with Crippen molar-refractivity contribution in [2.24, 2.45) is 0 Å². The summed E-state index contributed by atoms with van der Waals surface area (Å²) in [7, 11) is 0. The van der Waals surface area contributed by atoms with Crippen LogP contribution in [-0.2, 0) is 0 Å². The van der Waals surface area contributed by atoms with Crippen molar-refractivity contribution in [1.82, 2.24) is 9.97 Å². The molecule has 1 aromatic carbocycles. The molecule has 2 aromatic heterocycles. The van der Waals surface area contributed by atoms with E-state index in [0.29, 0.717) is 33.3 Å². The summed E-state index contributed by atoms with van der Waals surface area (Å²) < 4.78 is 5.39. The molecular weight excluding hydrogens is 290 g/mol. The maximum atomic E-state index is 12.2. The predicted molar refractivity (Wildman–Crippen MR) is 80.7 cm³/mol. The molecular formula is C15H12ClN3O2. The minimum Gasteiger partial charge on any atom is -0.441 e. The third-order valence-corrected chi connectivity index (χ3v) is 3.30. The van der Waals surface area contributed by atoms with Crippen LogP contribution in [0.3, 0.4) is 0 Å². The van der Waals surface area contributed by atoms with Gasteiger partial charge in [-0.3, -0.25) is 9.78 Å². The summed E-state index contributed by atoms with van der Waals surface area (Å²) in [6.07, 6.45) is 1.46. The standard InChI is InChI=1S/C15H12ClN3O2/c1-8-5-12(16)11(7-17-8)15(20)19-10-3-4-14-13(6-10)18-9(2)21-14/h3-7H,1-2H3,(H,19,20). The molecule has 0 aliphatic heterocycles. The molecule has 0 atom stereocenters. The van der Waals surface area contributed by atoms with Crippen molar-refractivity contribution in [3.8, 4) is 0 Å². The number of anilines is 1. The second-order valence-electron chi connectivity index (χ2n) is 4.68. The average Bonchev–Trinajstić information content (AvgIpc) is 2.77. The highest BCUT2D eigenvalue weighted by molar-refractivity contribution is 6.34. The van der Waals surface area contributed by atoms with Gasteiger partial charge in [0.15, 0.2) is 11.5 Å². The molecule has 3 rings (SSSR count). The number of nitrogens with zero attached hydrogens (tertiary/aromatic N) is 2. The first kappa shape index (κ1) is 13.6. The van der Waals surface area contributed by atoms with Crippen molar-refractivity contribution in [2.75, 3.05) is 5.32 Å². The molecule has 3 aromatic rings. The fourth-order valence-electron chi connectivity index (χ4n) is 2.01. The van der Waals surface area contributed by atoms with Gasteiger partial charge in [0.25, 0.3) is 5.91 Å². The number of halogens is 1. The number of hydrogen-bond acceptors (Lipinski definition) is 4. The van der Waals surface area contributed by atoms with E-state index in [1.165, 1.54) is 6.20 Å². The molecule has 21 heavy (non-hydrogen) atoms. The Morgan fingerprint density at radius 1 is 1.29 bits per heavy atom. The maximum Gasteiger partial charge on any atom is 0.258 e. The Morgan fingerprint density at radius 2 is 2.10 bits per heavy atom.